The highest BCUT2D eigenvalue weighted by molar-refractivity contribution is 7.80. The van der Waals surface area contributed by atoms with Crippen molar-refractivity contribution >= 4 is 46.4 Å². The zero-order valence-electron chi connectivity index (χ0n) is 19.1. The second-order valence-electron chi connectivity index (χ2n) is 7.32. The van der Waals surface area contributed by atoms with Gasteiger partial charge in [0.15, 0.2) is 5.11 Å². The maximum Gasteiger partial charge on any atom is 0.266 e. The SMILES string of the molecule is COc1cc(NC(=S)NC(=O)c2c(OC)cccc2OC)ccc1N1C(=O)c2ccccc2C1=O. The number of nitrogens with one attached hydrogen (secondary N) is 2. The summed E-state index contributed by atoms with van der Waals surface area (Å²) in [5, 5.41) is 5.50. The van der Waals surface area contributed by atoms with Crippen LogP contribution < -0.4 is 29.7 Å². The summed E-state index contributed by atoms with van der Waals surface area (Å²) in [4.78, 5) is 39.6. The predicted octanol–water partition coefficient (Wildman–Crippen LogP) is 3.64. The number of carbonyl (C=O) groups excluding carboxylic acids is 3. The lowest BCUT2D eigenvalue weighted by Gasteiger charge is -2.19. The van der Waals surface area contributed by atoms with Crippen molar-refractivity contribution in [2.45, 2.75) is 0 Å². The Bertz CT molecular complexity index is 1300. The van der Waals surface area contributed by atoms with Gasteiger partial charge in [0.05, 0.1) is 38.1 Å². The molecule has 1 aliphatic rings. The second-order valence-corrected chi connectivity index (χ2v) is 7.73. The molecule has 3 aromatic carbocycles. The molecule has 0 spiro atoms. The number of amides is 3. The van der Waals surface area contributed by atoms with E-state index in [2.05, 4.69) is 10.6 Å². The fourth-order valence-corrected chi connectivity index (χ4v) is 3.96. The first kappa shape index (κ1) is 23.7. The van der Waals surface area contributed by atoms with E-state index in [4.69, 9.17) is 26.4 Å². The van der Waals surface area contributed by atoms with Gasteiger partial charge >= 0.3 is 0 Å². The highest BCUT2D eigenvalue weighted by atomic mass is 32.1. The Morgan fingerprint density at radius 2 is 1.37 bits per heavy atom. The number of rotatable bonds is 6. The van der Waals surface area contributed by atoms with Crippen molar-refractivity contribution in [1.82, 2.24) is 5.32 Å². The molecule has 0 atom stereocenters. The van der Waals surface area contributed by atoms with E-state index in [1.807, 2.05) is 0 Å². The minimum atomic E-state index is -0.522. The third-order valence-corrected chi connectivity index (χ3v) is 5.56. The molecule has 0 aliphatic carbocycles. The molecular weight excluding hydrogens is 470 g/mol. The van der Waals surface area contributed by atoms with E-state index < -0.39 is 17.7 Å². The fraction of sp³-hybridized carbons (Fsp3) is 0.120. The first-order valence-corrected chi connectivity index (χ1v) is 10.8. The van der Waals surface area contributed by atoms with Crippen molar-refractivity contribution in [2.24, 2.45) is 0 Å². The number of hydrogen-bond acceptors (Lipinski definition) is 7. The molecule has 4 rings (SSSR count). The minimum absolute atomic E-state index is 0.0125. The molecular formula is C25H21N3O6S. The van der Waals surface area contributed by atoms with Crippen LogP contribution in [0.2, 0.25) is 0 Å². The van der Waals surface area contributed by atoms with E-state index in [1.54, 1.807) is 60.7 Å². The van der Waals surface area contributed by atoms with Crippen molar-refractivity contribution in [3.63, 3.8) is 0 Å². The van der Waals surface area contributed by atoms with E-state index in [0.29, 0.717) is 28.3 Å². The summed E-state index contributed by atoms with van der Waals surface area (Å²) in [5.41, 5.74) is 1.62. The topological polar surface area (TPSA) is 106 Å². The first-order chi connectivity index (χ1) is 16.9. The van der Waals surface area contributed by atoms with Crippen LogP contribution in [-0.2, 0) is 0 Å². The van der Waals surface area contributed by atoms with Crippen LogP contribution >= 0.6 is 12.2 Å². The van der Waals surface area contributed by atoms with Crippen LogP contribution in [0.25, 0.3) is 0 Å². The zero-order chi connectivity index (χ0) is 25.1. The largest absolute Gasteiger partial charge is 0.496 e. The normalized spacial score (nSPS) is 12.1. The summed E-state index contributed by atoms with van der Waals surface area (Å²) >= 11 is 5.29. The summed E-state index contributed by atoms with van der Waals surface area (Å²) < 4.78 is 16.0. The number of benzene rings is 3. The van der Waals surface area contributed by atoms with Gasteiger partial charge < -0.3 is 19.5 Å². The molecule has 3 aromatic rings. The molecule has 178 valence electrons. The Morgan fingerprint density at radius 1 is 0.800 bits per heavy atom. The van der Waals surface area contributed by atoms with Gasteiger partial charge in [-0.1, -0.05) is 18.2 Å². The summed E-state index contributed by atoms with van der Waals surface area (Å²) in [6.07, 6.45) is 0. The second kappa shape index (κ2) is 9.82. The number of methoxy groups -OCH3 is 3. The lowest BCUT2D eigenvalue weighted by Crippen LogP contribution is -2.34. The Labute approximate surface area is 206 Å². The van der Waals surface area contributed by atoms with Gasteiger partial charge in [-0.25, -0.2) is 4.90 Å². The van der Waals surface area contributed by atoms with Crippen molar-refractivity contribution < 1.29 is 28.6 Å². The molecule has 0 unspecified atom stereocenters. The van der Waals surface area contributed by atoms with Crippen LogP contribution in [0.15, 0.2) is 60.7 Å². The molecule has 0 bridgehead atoms. The van der Waals surface area contributed by atoms with E-state index >= 15 is 0 Å². The molecule has 9 nitrogen and oxygen atoms in total. The minimum Gasteiger partial charge on any atom is -0.496 e. The number of carbonyl (C=O) groups is 3. The number of hydrogen-bond donors (Lipinski definition) is 2. The lowest BCUT2D eigenvalue weighted by atomic mass is 10.1. The van der Waals surface area contributed by atoms with Crippen molar-refractivity contribution in [3.05, 3.63) is 77.4 Å². The van der Waals surface area contributed by atoms with Gasteiger partial charge in [0.25, 0.3) is 17.7 Å². The smallest absolute Gasteiger partial charge is 0.266 e. The number of thiocarbonyl (C=S) groups is 1. The molecule has 0 fully saturated rings. The lowest BCUT2D eigenvalue weighted by molar-refractivity contribution is 0.0922. The number of nitrogens with zero attached hydrogens (tertiary/aromatic N) is 1. The van der Waals surface area contributed by atoms with Gasteiger partial charge in [0.2, 0.25) is 0 Å². The summed E-state index contributed by atoms with van der Waals surface area (Å²) in [7, 11) is 4.32. The molecule has 35 heavy (non-hydrogen) atoms. The molecule has 1 heterocycles. The van der Waals surface area contributed by atoms with Crippen LogP contribution in [0.4, 0.5) is 11.4 Å². The summed E-state index contributed by atoms with van der Waals surface area (Å²) in [5.74, 6) is -0.457. The van der Waals surface area contributed by atoms with Crippen LogP contribution in [0.3, 0.4) is 0 Å². The van der Waals surface area contributed by atoms with Gasteiger partial charge in [-0.2, -0.15) is 0 Å². The molecule has 1 aliphatic heterocycles. The van der Waals surface area contributed by atoms with Crippen molar-refractivity contribution in [2.75, 3.05) is 31.5 Å². The van der Waals surface area contributed by atoms with Gasteiger partial charge in [-0.15, -0.1) is 0 Å². The average molecular weight is 492 g/mol. The van der Waals surface area contributed by atoms with E-state index in [1.165, 1.54) is 21.3 Å². The Morgan fingerprint density at radius 3 is 1.91 bits per heavy atom. The number of anilines is 2. The molecule has 0 saturated carbocycles. The number of ether oxygens (including phenoxy) is 3. The zero-order valence-corrected chi connectivity index (χ0v) is 19.9. The molecule has 0 saturated heterocycles. The predicted molar refractivity (Wildman–Crippen MR) is 134 cm³/mol. The molecule has 10 heteroatoms. The Hall–Kier alpha value is -4.44. The first-order valence-electron chi connectivity index (χ1n) is 10.4. The van der Waals surface area contributed by atoms with Crippen LogP contribution in [0.1, 0.15) is 31.1 Å². The van der Waals surface area contributed by atoms with Crippen LogP contribution in [-0.4, -0.2) is 44.2 Å². The highest BCUT2D eigenvalue weighted by Gasteiger charge is 2.37. The van der Waals surface area contributed by atoms with E-state index in [9.17, 15) is 14.4 Å². The van der Waals surface area contributed by atoms with Crippen molar-refractivity contribution in [1.29, 1.82) is 0 Å². The Kier molecular flexibility index (Phi) is 6.65. The van der Waals surface area contributed by atoms with Crippen LogP contribution in [0, 0.1) is 0 Å². The molecule has 0 radical (unpaired) electrons. The van der Waals surface area contributed by atoms with Crippen molar-refractivity contribution in [3.8, 4) is 17.2 Å². The monoisotopic (exact) mass is 491 g/mol. The van der Waals surface area contributed by atoms with Gasteiger partial charge in [0, 0.05) is 11.8 Å². The molecule has 3 amide bonds. The van der Waals surface area contributed by atoms with Gasteiger partial charge in [0.1, 0.15) is 22.8 Å². The average Bonchev–Trinajstić information content (AvgIpc) is 3.13. The third kappa shape index (κ3) is 4.38. The van der Waals surface area contributed by atoms with E-state index in [-0.39, 0.29) is 22.1 Å². The molecule has 2 N–H and O–H groups in total. The maximum atomic E-state index is 12.8. The Balaban J connectivity index is 1.53. The molecule has 0 aromatic heterocycles. The van der Waals surface area contributed by atoms with Crippen LogP contribution in [0.5, 0.6) is 17.2 Å². The standard InChI is InChI=1S/C25H21N3O6S/c1-32-18-9-6-10-19(33-2)21(18)22(29)27-25(35)26-14-11-12-17(20(13-14)34-3)28-23(30)15-7-4-5-8-16(15)24(28)31/h4-13H,1-3H3,(H2,26,27,29,35). The van der Waals surface area contributed by atoms with Gasteiger partial charge in [-0.3, -0.25) is 19.7 Å². The summed E-state index contributed by atoms with van der Waals surface area (Å²) in [6, 6.07) is 16.3. The third-order valence-electron chi connectivity index (χ3n) is 5.35. The maximum absolute atomic E-state index is 12.8. The van der Waals surface area contributed by atoms with E-state index in [0.717, 1.165) is 4.90 Å². The quantitative estimate of drug-likeness (QED) is 0.398. The van der Waals surface area contributed by atoms with Gasteiger partial charge in [-0.05, 0) is 48.6 Å². The highest BCUT2D eigenvalue weighted by Crippen LogP contribution is 2.36. The fourth-order valence-electron chi connectivity index (χ4n) is 3.75. The summed E-state index contributed by atoms with van der Waals surface area (Å²) in [6.45, 7) is 0. The number of fused-ring (bicyclic) bond motifs is 1. The number of imide groups is 1.